The van der Waals surface area contributed by atoms with Crippen molar-refractivity contribution >= 4 is 28.5 Å². The monoisotopic (exact) mass is 385 g/mol. The van der Waals surface area contributed by atoms with Crippen LogP contribution in [-0.2, 0) is 11.3 Å². The molecule has 6 nitrogen and oxygen atoms in total. The maximum Gasteiger partial charge on any atom is 0.265 e. The zero-order valence-electron chi connectivity index (χ0n) is 15.1. The van der Waals surface area contributed by atoms with E-state index in [1.807, 2.05) is 25.1 Å². The zero-order chi connectivity index (χ0) is 19.4. The maximum absolute atomic E-state index is 13.0. The summed E-state index contributed by atoms with van der Waals surface area (Å²) in [4.78, 5) is 30.0. The number of fused-ring (bicyclic) bond motifs is 1. The van der Waals surface area contributed by atoms with Crippen LogP contribution in [0.4, 0.5) is 0 Å². The molecular formula is C20H20ClN3O3. The zero-order valence-corrected chi connectivity index (χ0v) is 15.9. The minimum atomic E-state index is -0.430. The molecule has 3 rings (SSSR count). The van der Waals surface area contributed by atoms with Gasteiger partial charge in [-0.15, -0.1) is 0 Å². The molecule has 1 amide bonds. The molecule has 0 saturated heterocycles. The van der Waals surface area contributed by atoms with E-state index in [1.54, 1.807) is 37.6 Å². The van der Waals surface area contributed by atoms with E-state index in [9.17, 15) is 9.59 Å². The normalized spacial score (nSPS) is 12.1. The maximum atomic E-state index is 13.0. The Morgan fingerprint density at radius 1 is 1.30 bits per heavy atom. The molecule has 1 atom stereocenters. The van der Waals surface area contributed by atoms with Crippen molar-refractivity contribution in [3.8, 4) is 0 Å². The van der Waals surface area contributed by atoms with Gasteiger partial charge in [-0.05, 0) is 42.8 Å². The van der Waals surface area contributed by atoms with E-state index < -0.39 is 11.5 Å². The van der Waals surface area contributed by atoms with Gasteiger partial charge in [0.05, 0.1) is 13.2 Å². The fourth-order valence-corrected chi connectivity index (χ4v) is 3.01. The highest BCUT2D eigenvalue weighted by Crippen LogP contribution is 2.15. The number of hydrogen-bond acceptors (Lipinski definition) is 4. The van der Waals surface area contributed by atoms with Crippen molar-refractivity contribution in [1.29, 1.82) is 0 Å². The molecule has 3 aromatic rings. The van der Waals surface area contributed by atoms with E-state index in [0.717, 1.165) is 10.9 Å². The summed E-state index contributed by atoms with van der Waals surface area (Å²) in [6.07, 6.45) is 1.63. The molecule has 0 aliphatic carbocycles. The van der Waals surface area contributed by atoms with Gasteiger partial charge in [0.25, 0.3) is 11.5 Å². The fourth-order valence-electron chi connectivity index (χ4n) is 2.88. The van der Waals surface area contributed by atoms with Crippen LogP contribution in [0.3, 0.4) is 0 Å². The standard InChI is InChI=1S/C20H20ClN3O3/c1-13(12-27-2)23-19(25)17-10-15-4-3-9-22-18(15)24(20(17)26)11-14-5-7-16(21)8-6-14/h3-10,13H,11-12H2,1-2H3,(H,23,25)/t13-/m0/s1. The number of methoxy groups -OCH3 is 1. The minimum absolute atomic E-state index is 0.0763. The summed E-state index contributed by atoms with van der Waals surface area (Å²) < 4.78 is 6.54. The molecule has 1 N–H and O–H groups in total. The quantitative estimate of drug-likeness (QED) is 0.708. The largest absolute Gasteiger partial charge is 0.383 e. The third-order valence-electron chi connectivity index (χ3n) is 4.14. The Morgan fingerprint density at radius 2 is 2.04 bits per heavy atom. The lowest BCUT2D eigenvalue weighted by Gasteiger charge is -2.15. The molecule has 0 radical (unpaired) electrons. The Hall–Kier alpha value is -2.70. The van der Waals surface area contributed by atoms with Gasteiger partial charge in [-0.1, -0.05) is 23.7 Å². The number of nitrogens with zero attached hydrogens (tertiary/aromatic N) is 2. The highest BCUT2D eigenvalue weighted by Gasteiger charge is 2.18. The molecule has 0 saturated carbocycles. The van der Waals surface area contributed by atoms with Gasteiger partial charge in [0.1, 0.15) is 11.2 Å². The topological polar surface area (TPSA) is 73.2 Å². The van der Waals surface area contributed by atoms with Gasteiger partial charge in [-0.25, -0.2) is 4.98 Å². The van der Waals surface area contributed by atoms with E-state index in [4.69, 9.17) is 16.3 Å². The van der Waals surface area contributed by atoms with Crippen LogP contribution in [0.1, 0.15) is 22.8 Å². The van der Waals surface area contributed by atoms with Gasteiger partial charge in [0.15, 0.2) is 0 Å². The van der Waals surface area contributed by atoms with E-state index in [0.29, 0.717) is 17.3 Å². The number of carbonyl (C=O) groups is 1. The molecule has 27 heavy (non-hydrogen) atoms. The second-order valence-electron chi connectivity index (χ2n) is 6.32. The summed E-state index contributed by atoms with van der Waals surface area (Å²) >= 11 is 5.94. The number of aromatic nitrogens is 2. The molecule has 7 heteroatoms. The van der Waals surface area contributed by atoms with Crippen LogP contribution in [0, 0.1) is 0 Å². The molecule has 0 aliphatic heterocycles. The molecule has 2 heterocycles. The molecule has 1 aromatic carbocycles. The van der Waals surface area contributed by atoms with Crippen LogP contribution >= 0.6 is 11.6 Å². The smallest absolute Gasteiger partial charge is 0.265 e. The first-order valence-corrected chi connectivity index (χ1v) is 8.90. The van der Waals surface area contributed by atoms with Crippen molar-refractivity contribution < 1.29 is 9.53 Å². The molecule has 0 spiro atoms. The van der Waals surface area contributed by atoms with Crippen LogP contribution in [0.5, 0.6) is 0 Å². The van der Waals surface area contributed by atoms with Crippen molar-refractivity contribution in [1.82, 2.24) is 14.9 Å². The first-order chi connectivity index (χ1) is 13.0. The molecule has 0 unspecified atom stereocenters. The molecule has 140 valence electrons. The first-order valence-electron chi connectivity index (χ1n) is 8.52. The number of amides is 1. The Balaban J connectivity index is 2.05. The van der Waals surface area contributed by atoms with Crippen LogP contribution in [0.2, 0.25) is 5.02 Å². The average molecular weight is 386 g/mol. The predicted octanol–water partition coefficient (Wildman–Crippen LogP) is 2.86. The number of ether oxygens (including phenoxy) is 1. The third-order valence-corrected chi connectivity index (χ3v) is 4.39. The number of pyridine rings is 2. The van der Waals surface area contributed by atoms with Gasteiger partial charge in [0.2, 0.25) is 0 Å². The van der Waals surface area contributed by atoms with Gasteiger partial charge >= 0.3 is 0 Å². The molecular weight excluding hydrogens is 366 g/mol. The first kappa shape index (κ1) is 19.1. The lowest BCUT2D eigenvalue weighted by Crippen LogP contribution is -2.39. The Bertz CT molecular complexity index is 1020. The van der Waals surface area contributed by atoms with Gasteiger partial charge in [-0.3, -0.25) is 14.2 Å². The third kappa shape index (κ3) is 4.35. The van der Waals surface area contributed by atoms with Crippen LogP contribution in [-0.4, -0.2) is 35.2 Å². The van der Waals surface area contributed by atoms with Crippen molar-refractivity contribution in [3.63, 3.8) is 0 Å². The SMILES string of the molecule is COC[C@H](C)NC(=O)c1cc2cccnc2n(Cc2ccc(Cl)cc2)c1=O. The van der Waals surface area contributed by atoms with Crippen molar-refractivity contribution in [3.05, 3.63) is 75.2 Å². The molecule has 0 fully saturated rings. The number of carbonyl (C=O) groups excluding carboxylic acids is 1. The average Bonchev–Trinajstić information content (AvgIpc) is 2.65. The molecule has 2 aromatic heterocycles. The minimum Gasteiger partial charge on any atom is -0.383 e. The summed E-state index contributed by atoms with van der Waals surface area (Å²) in [7, 11) is 1.56. The van der Waals surface area contributed by atoms with Crippen LogP contribution in [0.15, 0.2) is 53.5 Å². The summed E-state index contributed by atoms with van der Waals surface area (Å²) in [6.45, 7) is 2.47. The Kier molecular flexibility index (Phi) is 5.88. The summed E-state index contributed by atoms with van der Waals surface area (Å²) in [5, 5.41) is 4.12. The number of halogens is 1. The van der Waals surface area contributed by atoms with Crippen LogP contribution in [0.25, 0.3) is 11.0 Å². The van der Waals surface area contributed by atoms with Gasteiger partial charge in [0, 0.05) is 29.8 Å². The van der Waals surface area contributed by atoms with E-state index >= 15 is 0 Å². The molecule has 0 bridgehead atoms. The lowest BCUT2D eigenvalue weighted by atomic mass is 10.1. The number of rotatable bonds is 6. The van der Waals surface area contributed by atoms with Gasteiger partial charge < -0.3 is 10.1 Å². The van der Waals surface area contributed by atoms with Crippen molar-refractivity contribution in [2.45, 2.75) is 19.5 Å². The van der Waals surface area contributed by atoms with E-state index in [2.05, 4.69) is 10.3 Å². The second-order valence-corrected chi connectivity index (χ2v) is 6.76. The lowest BCUT2D eigenvalue weighted by molar-refractivity contribution is 0.0903. The number of hydrogen-bond donors (Lipinski definition) is 1. The predicted molar refractivity (Wildman–Crippen MR) is 105 cm³/mol. The van der Waals surface area contributed by atoms with Crippen molar-refractivity contribution in [2.75, 3.05) is 13.7 Å². The van der Waals surface area contributed by atoms with Crippen LogP contribution < -0.4 is 10.9 Å². The van der Waals surface area contributed by atoms with Crippen molar-refractivity contribution in [2.24, 2.45) is 0 Å². The number of nitrogens with one attached hydrogen (secondary N) is 1. The van der Waals surface area contributed by atoms with E-state index in [-0.39, 0.29) is 18.2 Å². The highest BCUT2D eigenvalue weighted by molar-refractivity contribution is 6.30. The highest BCUT2D eigenvalue weighted by atomic mass is 35.5. The summed E-state index contributed by atoms with van der Waals surface area (Å²) in [5.74, 6) is -0.430. The summed E-state index contributed by atoms with van der Waals surface area (Å²) in [6, 6.07) is 12.2. The Morgan fingerprint density at radius 3 is 2.74 bits per heavy atom. The Labute approximate surface area is 161 Å². The fraction of sp³-hybridized carbons (Fsp3) is 0.250. The van der Waals surface area contributed by atoms with Gasteiger partial charge in [-0.2, -0.15) is 0 Å². The van der Waals surface area contributed by atoms with E-state index in [1.165, 1.54) is 4.57 Å². The summed E-state index contributed by atoms with van der Waals surface area (Å²) in [5.41, 5.74) is 1.10. The second kappa shape index (κ2) is 8.33. The molecule has 0 aliphatic rings. The number of benzene rings is 1.